The zero-order chi connectivity index (χ0) is 14.6. The fourth-order valence-corrected chi connectivity index (χ4v) is 2.75. The van der Waals surface area contributed by atoms with Gasteiger partial charge in [-0.3, -0.25) is 4.79 Å². The minimum Gasteiger partial charge on any atom is -0.371 e. The molecule has 0 bridgehead atoms. The van der Waals surface area contributed by atoms with E-state index >= 15 is 0 Å². The van der Waals surface area contributed by atoms with Crippen molar-refractivity contribution in [3.05, 3.63) is 30.1 Å². The first-order valence-corrected chi connectivity index (χ1v) is 7.12. The predicted molar refractivity (Wildman–Crippen MR) is 77.9 cm³/mol. The van der Waals surface area contributed by atoms with Crippen molar-refractivity contribution in [2.45, 2.75) is 31.7 Å². The highest BCUT2D eigenvalue weighted by atomic mass is 19.1. The van der Waals surface area contributed by atoms with Crippen molar-refractivity contribution < 1.29 is 9.18 Å². The van der Waals surface area contributed by atoms with Gasteiger partial charge in [0.05, 0.1) is 0 Å². The van der Waals surface area contributed by atoms with Crippen LogP contribution in [0, 0.1) is 5.82 Å². The smallest absolute Gasteiger partial charge is 0.243 e. The summed E-state index contributed by atoms with van der Waals surface area (Å²) in [6, 6.07) is 6.04. The fraction of sp³-hybridized carbons (Fsp3) is 0.533. The number of carbonyl (C=O) groups excluding carboxylic acids is 1. The quantitative estimate of drug-likeness (QED) is 0.886. The average Bonchev–Trinajstić information content (AvgIpc) is 2.65. The van der Waals surface area contributed by atoms with Crippen LogP contribution in [0.1, 0.15) is 26.2 Å². The van der Waals surface area contributed by atoms with Gasteiger partial charge in [0, 0.05) is 12.2 Å². The van der Waals surface area contributed by atoms with Crippen molar-refractivity contribution in [1.82, 2.24) is 4.90 Å². The summed E-state index contributed by atoms with van der Waals surface area (Å²) in [5.41, 5.74) is 5.64. The van der Waals surface area contributed by atoms with Gasteiger partial charge in [0.2, 0.25) is 5.91 Å². The first-order chi connectivity index (χ1) is 9.55. The third-order valence-corrected chi connectivity index (χ3v) is 4.08. The van der Waals surface area contributed by atoms with Gasteiger partial charge in [-0.1, -0.05) is 6.92 Å². The van der Waals surface area contributed by atoms with E-state index in [0.717, 1.165) is 31.7 Å². The van der Waals surface area contributed by atoms with Crippen LogP contribution in [0.2, 0.25) is 0 Å². The molecule has 20 heavy (non-hydrogen) atoms. The zero-order valence-corrected chi connectivity index (χ0v) is 11.9. The van der Waals surface area contributed by atoms with E-state index in [2.05, 4.69) is 17.1 Å². The molecule has 0 saturated carbocycles. The first kappa shape index (κ1) is 14.8. The second-order valence-corrected chi connectivity index (χ2v) is 5.37. The number of rotatable bonds is 4. The minimum absolute atomic E-state index is 0.290. The molecule has 2 rings (SSSR count). The highest BCUT2D eigenvalue weighted by molar-refractivity contribution is 5.88. The monoisotopic (exact) mass is 279 g/mol. The number of hydrogen-bond donors (Lipinski definition) is 2. The van der Waals surface area contributed by atoms with Crippen LogP contribution in [-0.2, 0) is 4.79 Å². The van der Waals surface area contributed by atoms with Gasteiger partial charge in [-0.25, -0.2) is 4.39 Å². The van der Waals surface area contributed by atoms with E-state index in [1.807, 2.05) is 0 Å². The van der Waals surface area contributed by atoms with Crippen LogP contribution in [0.4, 0.5) is 10.1 Å². The Bertz CT molecular complexity index is 463. The molecule has 1 aromatic rings. The Labute approximate surface area is 119 Å². The Hall–Kier alpha value is -1.62. The lowest BCUT2D eigenvalue weighted by Crippen LogP contribution is -2.51. The Morgan fingerprint density at radius 1 is 1.35 bits per heavy atom. The van der Waals surface area contributed by atoms with Crippen molar-refractivity contribution >= 4 is 11.6 Å². The maximum atomic E-state index is 13.0. The molecule has 0 spiro atoms. The molecule has 1 saturated heterocycles. The topological polar surface area (TPSA) is 58.4 Å². The van der Waals surface area contributed by atoms with E-state index < -0.39 is 5.54 Å². The van der Waals surface area contributed by atoms with Crippen LogP contribution >= 0.6 is 0 Å². The van der Waals surface area contributed by atoms with Gasteiger partial charge in [-0.05, 0) is 56.6 Å². The Morgan fingerprint density at radius 2 is 2.05 bits per heavy atom. The van der Waals surface area contributed by atoms with Crippen molar-refractivity contribution in [2.24, 2.45) is 5.73 Å². The van der Waals surface area contributed by atoms with Gasteiger partial charge < -0.3 is 16.0 Å². The Balaban J connectivity index is 2.17. The molecule has 1 fully saturated rings. The summed E-state index contributed by atoms with van der Waals surface area (Å²) in [6.07, 6.45) is 2.30. The van der Waals surface area contributed by atoms with Crippen LogP contribution in [0.3, 0.4) is 0 Å². The molecular weight excluding hydrogens is 257 g/mol. The van der Waals surface area contributed by atoms with Gasteiger partial charge in [-0.15, -0.1) is 0 Å². The number of primary amides is 1. The molecule has 0 aliphatic carbocycles. The third-order valence-electron chi connectivity index (χ3n) is 4.08. The number of halogens is 1. The van der Waals surface area contributed by atoms with Crippen molar-refractivity contribution in [3.63, 3.8) is 0 Å². The first-order valence-electron chi connectivity index (χ1n) is 7.12. The number of carbonyl (C=O) groups is 1. The standard InChI is InChI=1S/C15H22FN3O/c1-2-19-10-3-8-15(9-11-19,14(17)20)18-13-6-4-12(16)5-7-13/h4-7,18H,2-3,8-11H2,1H3,(H2,17,20). The number of likely N-dealkylation sites (tertiary alicyclic amines) is 1. The highest BCUT2D eigenvalue weighted by Crippen LogP contribution is 2.27. The van der Waals surface area contributed by atoms with Gasteiger partial charge >= 0.3 is 0 Å². The number of nitrogens with one attached hydrogen (secondary N) is 1. The van der Waals surface area contributed by atoms with E-state index in [4.69, 9.17) is 5.73 Å². The highest BCUT2D eigenvalue weighted by Gasteiger charge is 2.37. The lowest BCUT2D eigenvalue weighted by molar-refractivity contribution is -0.122. The van der Waals surface area contributed by atoms with E-state index in [0.29, 0.717) is 12.8 Å². The van der Waals surface area contributed by atoms with Crippen LogP contribution < -0.4 is 11.1 Å². The SMILES string of the molecule is CCN1CCCC(Nc2ccc(F)cc2)(C(N)=O)CC1. The fourth-order valence-electron chi connectivity index (χ4n) is 2.75. The van der Waals surface area contributed by atoms with Crippen molar-refractivity contribution in [1.29, 1.82) is 0 Å². The number of hydrogen-bond acceptors (Lipinski definition) is 3. The van der Waals surface area contributed by atoms with Crippen LogP contribution in [0.15, 0.2) is 24.3 Å². The molecule has 1 atom stereocenters. The molecule has 0 aromatic heterocycles. The number of anilines is 1. The van der Waals surface area contributed by atoms with Gasteiger partial charge in [0.15, 0.2) is 0 Å². The normalized spacial score (nSPS) is 24.1. The molecular formula is C15H22FN3O. The van der Waals surface area contributed by atoms with E-state index in [-0.39, 0.29) is 11.7 Å². The molecule has 1 aliphatic heterocycles. The lowest BCUT2D eigenvalue weighted by Gasteiger charge is -2.31. The van der Waals surface area contributed by atoms with Crippen molar-refractivity contribution in [3.8, 4) is 0 Å². The summed E-state index contributed by atoms with van der Waals surface area (Å²) in [5, 5.41) is 3.24. The van der Waals surface area contributed by atoms with Gasteiger partial charge in [0.1, 0.15) is 11.4 Å². The second kappa shape index (κ2) is 6.22. The summed E-state index contributed by atoms with van der Waals surface area (Å²) in [5.74, 6) is -0.624. The predicted octanol–water partition coefficient (Wildman–Crippen LogP) is 1.97. The molecule has 1 aromatic carbocycles. The van der Waals surface area contributed by atoms with Crippen molar-refractivity contribution in [2.75, 3.05) is 25.0 Å². The molecule has 1 heterocycles. The molecule has 5 heteroatoms. The number of nitrogens with zero attached hydrogens (tertiary/aromatic N) is 1. The maximum absolute atomic E-state index is 13.0. The summed E-state index contributed by atoms with van der Waals surface area (Å²) in [4.78, 5) is 14.3. The number of amides is 1. The molecule has 1 aliphatic rings. The van der Waals surface area contributed by atoms with E-state index in [1.54, 1.807) is 12.1 Å². The van der Waals surface area contributed by atoms with Gasteiger partial charge in [0.25, 0.3) is 0 Å². The molecule has 3 N–H and O–H groups in total. The number of benzene rings is 1. The number of nitrogens with two attached hydrogens (primary N) is 1. The van der Waals surface area contributed by atoms with E-state index in [9.17, 15) is 9.18 Å². The Morgan fingerprint density at radius 3 is 2.65 bits per heavy atom. The van der Waals surface area contributed by atoms with E-state index in [1.165, 1.54) is 12.1 Å². The summed E-state index contributed by atoms with van der Waals surface area (Å²) in [7, 11) is 0. The molecule has 1 amide bonds. The minimum atomic E-state index is -0.734. The molecule has 1 unspecified atom stereocenters. The maximum Gasteiger partial charge on any atom is 0.243 e. The van der Waals surface area contributed by atoms with Crippen LogP contribution in [0.5, 0.6) is 0 Å². The Kier molecular flexibility index (Phi) is 4.60. The van der Waals surface area contributed by atoms with Crippen LogP contribution in [-0.4, -0.2) is 36.0 Å². The third kappa shape index (κ3) is 3.28. The molecule has 0 radical (unpaired) electrons. The summed E-state index contributed by atoms with van der Waals surface area (Å²) < 4.78 is 13.0. The average molecular weight is 279 g/mol. The molecule has 4 nitrogen and oxygen atoms in total. The summed E-state index contributed by atoms with van der Waals surface area (Å²) in [6.45, 7) is 4.92. The zero-order valence-electron chi connectivity index (χ0n) is 11.9. The lowest BCUT2D eigenvalue weighted by atomic mass is 9.89. The largest absolute Gasteiger partial charge is 0.371 e. The van der Waals surface area contributed by atoms with Gasteiger partial charge in [-0.2, -0.15) is 0 Å². The second-order valence-electron chi connectivity index (χ2n) is 5.37. The molecule has 110 valence electrons. The van der Waals surface area contributed by atoms with Crippen LogP contribution in [0.25, 0.3) is 0 Å². The summed E-state index contributed by atoms with van der Waals surface area (Å²) >= 11 is 0.